The molecule has 2 nitrogen and oxygen atoms in total. The van der Waals surface area contributed by atoms with E-state index in [1.165, 1.54) is 0 Å². The zero-order valence-corrected chi connectivity index (χ0v) is 7.60. The normalized spacial score (nSPS) is 9.40. The smallest absolute Gasteiger partial charge is 0.215 e. The molecule has 0 N–H and O–H groups in total. The van der Waals surface area contributed by atoms with E-state index >= 15 is 0 Å². The molecule has 0 radical (unpaired) electrons. The zero-order valence-electron chi connectivity index (χ0n) is 5.12. The number of rotatable bonds is 2. The van der Waals surface area contributed by atoms with E-state index < -0.39 is 0 Å². The Bertz CT molecular complexity index is 219. The Hall–Kier alpha value is -0.220. The lowest BCUT2D eigenvalue weighted by Crippen LogP contribution is -1.91. The second-order valence-corrected chi connectivity index (χ2v) is 2.64. The summed E-state index contributed by atoms with van der Waals surface area (Å²) in [5, 5.41) is 0. The highest BCUT2D eigenvalue weighted by molar-refractivity contribution is 9.10. The fourth-order valence-corrected chi connectivity index (χ4v) is 0.996. The van der Waals surface area contributed by atoms with Crippen molar-refractivity contribution in [2.24, 2.45) is 0 Å². The summed E-state index contributed by atoms with van der Waals surface area (Å²) < 4.78 is 5.78. The maximum absolute atomic E-state index is 5.01. The molecule has 1 rings (SSSR count). The molecule has 1 heterocycles. The third-order valence-corrected chi connectivity index (χ3v) is 1.47. The van der Waals surface area contributed by atoms with Crippen LogP contribution in [-0.4, -0.2) is 10.9 Å². The number of hydrogen-bond acceptors (Lipinski definition) is 3. The minimum Gasteiger partial charge on any atom is -0.467 e. The molecular weight excluding hydrogens is 214 g/mol. The van der Waals surface area contributed by atoms with Crippen LogP contribution in [0.5, 0.6) is 5.88 Å². The average Bonchev–Trinajstić information content (AvgIpc) is 1.88. The first-order valence-electron chi connectivity index (χ1n) is 2.69. The molecule has 1 aromatic heterocycles. The maximum atomic E-state index is 5.01. The van der Waals surface area contributed by atoms with Gasteiger partial charge in [-0.05, 0) is 22.0 Å². The van der Waals surface area contributed by atoms with Crippen LogP contribution in [0, 0.1) is 0 Å². The van der Waals surface area contributed by atoms with Gasteiger partial charge in [-0.25, -0.2) is 4.98 Å². The predicted octanol–water partition coefficient (Wildman–Crippen LogP) is 2.11. The monoisotopic (exact) mass is 219 g/mol. The predicted molar refractivity (Wildman–Crippen MR) is 46.4 cm³/mol. The summed E-state index contributed by atoms with van der Waals surface area (Å²) in [5.41, 5.74) is 0. The zero-order chi connectivity index (χ0) is 7.40. The third kappa shape index (κ3) is 2.19. The lowest BCUT2D eigenvalue weighted by molar-refractivity contribution is 0.378. The number of hydrogen-bond donors (Lipinski definition) is 1. The highest BCUT2D eigenvalue weighted by atomic mass is 79.9. The molecule has 54 valence electrons. The van der Waals surface area contributed by atoms with Gasteiger partial charge in [0, 0.05) is 6.07 Å². The average molecular weight is 220 g/mol. The fourth-order valence-electron chi connectivity index (χ4n) is 0.536. The lowest BCUT2D eigenvalue weighted by atomic mass is 10.5. The molecule has 0 spiro atoms. The molecule has 0 saturated heterocycles. The van der Waals surface area contributed by atoms with Gasteiger partial charge in [0.2, 0.25) is 5.88 Å². The Morgan fingerprint density at radius 3 is 3.00 bits per heavy atom. The van der Waals surface area contributed by atoms with Crippen LogP contribution in [-0.2, 0) is 0 Å². The molecule has 0 atom stereocenters. The Morgan fingerprint density at radius 1 is 1.60 bits per heavy atom. The van der Waals surface area contributed by atoms with Crippen molar-refractivity contribution < 1.29 is 4.74 Å². The first-order chi connectivity index (χ1) is 4.83. The van der Waals surface area contributed by atoms with E-state index in [0.717, 1.165) is 4.60 Å². The first kappa shape index (κ1) is 7.88. The molecule has 0 unspecified atom stereocenters. The second-order valence-electron chi connectivity index (χ2n) is 1.57. The molecule has 4 heteroatoms. The molecular formula is C6H6BrNOS. The van der Waals surface area contributed by atoms with E-state index in [0.29, 0.717) is 11.8 Å². The number of nitrogens with zero attached hydrogens (tertiary/aromatic N) is 1. The molecule has 0 amide bonds. The van der Waals surface area contributed by atoms with Crippen molar-refractivity contribution in [3.63, 3.8) is 0 Å². The van der Waals surface area contributed by atoms with Crippen molar-refractivity contribution in [2.45, 2.75) is 0 Å². The minimum atomic E-state index is 0.351. The van der Waals surface area contributed by atoms with E-state index in [4.69, 9.17) is 4.74 Å². The maximum Gasteiger partial charge on any atom is 0.215 e. The van der Waals surface area contributed by atoms with Crippen molar-refractivity contribution in [2.75, 3.05) is 5.94 Å². The van der Waals surface area contributed by atoms with Crippen LogP contribution < -0.4 is 4.74 Å². The minimum absolute atomic E-state index is 0.351. The van der Waals surface area contributed by atoms with Gasteiger partial charge in [-0.2, -0.15) is 0 Å². The van der Waals surface area contributed by atoms with Crippen LogP contribution in [0.25, 0.3) is 0 Å². The van der Waals surface area contributed by atoms with E-state index in [1.807, 2.05) is 12.1 Å². The van der Waals surface area contributed by atoms with Gasteiger partial charge < -0.3 is 4.74 Å². The van der Waals surface area contributed by atoms with Gasteiger partial charge in [0.05, 0.1) is 0 Å². The fraction of sp³-hybridized carbons (Fsp3) is 0.167. The number of aromatic nitrogens is 1. The van der Waals surface area contributed by atoms with Crippen LogP contribution in [0.4, 0.5) is 0 Å². The largest absolute Gasteiger partial charge is 0.467 e. The van der Waals surface area contributed by atoms with Gasteiger partial charge in [0.15, 0.2) is 0 Å². The molecule has 0 saturated carbocycles. The SMILES string of the molecule is SCOc1cccc(Br)n1. The van der Waals surface area contributed by atoms with E-state index in [1.54, 1.807) is 6.07 Å². The van der Waals surface area contributed by atoms with Crippen molar-refractivity contribution in [1.29, 1.82) is 0 Å². The van der Waals surface area contributed by atoms with Crippen LogP contribution in [0.2, 0.25) is 0 Å². The summed E-state index contributed by atoms with van der Waals surface area (Å²) in [6, 6.07) is 5.47. The molecule has 0 bridgehead atoms. The molecule has 0 aliphatic rings. The molecule has 0 aliphatic heterocycles. The molecule has 1 aromatic rings. The summed E-state index contributed by atoms with van der Waals surface area (Å²) in [7, 11) is 0. The molecule has 0 aromatic carbocycles. The number of halogens is 1. The van der Waals surface area contributed by atoms with Gasteiger partial charge >= 0.3 is 0 Å². The van der Waals surface area contributed by atoms with Crippen molar-refractivity contribution in [3.05, 3.63) is 22.8 Å². The summed E-state index contributed by atoms with van der Waals surface area (Å²) in [5.74, 6) is 0.938. The van der Waals surface area contributed by atoms with Crippen LogP contribution in [0.3, 0.4) is 0 Å². The summed E-state index contributed by atoms with van der Waals surface area (Å²) in [6.07, 6.45) is 0. The van der Waals surface area contributed by atoms with Crippen LogP contribution in [0.15, 0.2) is 22.8 Å². The van der Waals surface area contributed by atoms with Gasteiger partial charge in [0.1, 0.15) is 10.5 Å². The molecule has 0 aliphatic carbocycles. The second kappa shape index (κ2) is 3.83. The van der Waals surface area contributed by atoms with E-state index in [2.05, 4.69) is 33.5 Å². The molecule has 0 fully saturated rings. The number of thiol groups is 1. The van der Waals surface area contributed by atoms with E-state index in [9.17, 15) is 0 Å². The highest BCUT2D eigenvalue weighted by Gasteiger charge is 1.92. The van der Waals surface area contributed by atoms with Crippen molar-refractivity contribution in [1.82, 2.24) is 4.98 Å². The van der Waals surface area contributed by atoms with Crippen LogP contribution >= 0.6 is 28.6 Å². The Balaban J connectivity index is 2.75. The van der Waals surface area contributed by atoms with Gasteiger partial charge in [-0.3, -0.25) is 0 Å². The quantitative estimate of drug-likeness (QED) is 0.468. The summed E-state index contributed by atoms with van der Waals surface area (Å²) in [6.45, 7) is 0. The van der Waals surface area contributed by atoms with Gasteiger partial charge in [-0.1, -0.05) is 6.07 Å². The Morgan fingerprint density at radius 2 is 2.40 bits per heavy atom. The van der Waals surface area contributed by atoms with Gasteiger partial charge in [0.25, 0.3) is 0 Å². The standard InChI is InChI=1S/C6H6BrNOS/c7-5-2-1-3-6(8-5)9-4-10/h1-3,10H,4H2. The number of ether oxygens (including phenoxy) is 1. The first-order valence-corrected chi connectivity index (χ1v) is 4.11. The third-order valence-electron chi connectivity index (χ3n) is 0.902. The Kier molecular flexibility index (Phi) is 3.02. The lowest BCUT2D eigenvalue weighted by Gasteiger charge is -1.99. The van der Waals surface area contributed by atoms with Gasteiger partial charge in [-0.15, -0.1) is 12.6 Å². The van der Waals surface area contributed by atoms with E-state index in [-0.39, 0.29) is 0 Å². The van der Waals surface area contributed by atoms with Crippen molar-refractivity contribution in [3.8, 4) is 5.88 Å². The summed E-state index contributed by atoms with van der Waals surface area (Å²) >= 11 is 7.10. The highest BCUT2D eigenvalue weighted by Crippen LogP contribution is 2.11. The summed E-state index contributed by atoms with van der Waals surface area (Å²) in [4.78, 5) is 4.01. The van der Waals surface area contributed by atoms with Crippen molar-refractivity contribution >= 4 is 28.6 Å². The topological polar surface area (TPSA) is 22.1 Å². The number of pyridine rings is 1. The molecule has 10 heavy (non-hydrogen) atoms. The van der Waals surface area contributed by atoms with Crippen LogP contribution in [0.1, 0.15) is 0 Å². The Labute approximate surface area is 73.2 Å².